The van der Waals surface area contributed by atoms with Gasteiger partial charge in [-0.2, -0.15) is 0 Å². The van der Waals surface area contributed by atoms with Crippen LogP contribution in [0, 0.1) is 0 Å². The highest BCUT2D eigenvalue weighted by atomic mass is 79.9. The van der Waals surface area contributed by atoms with Crippen LogP contribution in [0.1, 0.15) is 6.92 Å². The van der Waals surface area contributed by atoms with E-state index in [0.717, 1.165) is 4.47 Å². The Morgan fingerprint density at radius 3 is 2.57 bits per heavy atom. The fourth-order valence-corrected chi connectivity index (χ4v) is 3.64. The van der Waals surface area contributed by atoms with Crippen LogP contribution in [0.2, 0.25) is 0 Å². The van der Waals surface area contributed by atoms with Gasteiger partial charge in [-0.25, -0.2) is 13.4 Å². The van der Waals surface area contributed by atoms with Crippen molar-refractivity contribution in [3.63, 3.8) is 0 Å². The number of rotatable bonds is 5. The third-order valence-electron chi connectivity index (χ3n) is 2.46. The van der Waals surface area contributed by atoms with Crippen LogP contribution >= 0.6 is 31.9 Å². The zero-order chi connectivity index (χ0) is 15.5. The summed E-state index contributed by atoms with van der Waals surface area (Å²) in [5, 5.41) is 0. The molecular formula is C13H12Br2N2O3S. The summed E-state index contributed by atoms with van der Waals surface area (Å²) in [5.74, 6) is 0.523. The van der Waals surface area contributed by atoms with Crippen molar-refractivity contribution >= 4 is 47.7 Å². The molecule has 0 spiro atoms. The summed E-state index contributed by atoms with van der Waals surface area (Å²) in [6.45, 7) is 2.17. The molecule has 0 amide bonds. The number of pyridine rings is 1. The second-order valence-electron chi connectivity index (χ2n) is 3.99. The van der Waals surface area contributed by atoms with Gasteiger partial charge in [0.2, 0.25) is 0 Å². The fraction of sp³-hybridized carbons (Fsp3) is 0.154. The number of benzene rings is 1. The van der Waals surface area contributed by atoms with Crippen LogP contribution in [-0.2, 0) is 10.0 Å². The lowest BCUT2D eigenvalue weighted by atomic mass is 10.3. The zero-order valence-corrected chi connectivity index (χ0v) is 15.0. The van der Waals surface area contributed by atoms with Gasteiger partial charge in [0, 0.05) is 15.1 Å². The second kappa shape index (κ2) is 6.76. The third-order valence-corrected chi connectivity index (χ3v) is 4.82. The third kappa shape index (κ3) is 4.18. The lowest BCUT2D eigenvalue weighted by molar-refractivity contribution is 0.331. The molecule has 0 atom stereocenters. The minimum Gasteiger partial charge on any atom is -0.492 e. The smallest absolute Gasteiger partial charge is 0.266 e. The van der Waals surface area contributed by atoms with Crippen LogP contribution in [-0.4, -0.2) is 20.0 Å². The Morgan fingerprint density at radius 1 is 1.19 bits per heavy atom. The van der Waals surface area contributed by atoms with Gasteiger partial charge in [0.1, 0.15) is 16.5 Å². The molecule has 0 aliphatic carbocycles. The Kier molecular flexibility index (Phi) is 5.23. The van der Waals surface area contributed by atoms with E-state index in [1.165, 1.54) is 12.3 Å². The highest BCUT2D eigenvalue weighted by Crippen LogP contribution is 2.29. The highest BCUT2D eigenvalue weighted by Gasteiger charge is 2.21. The first-order chi connectivity index (χ1) is 9.92. The Balaban J connectivity index is 2.41. The van der Waals surface area contributed by atoms with E-state index in [9.17, 15) is 8.42 Å². The number of sulfonamides is 1. The molecule has 1 aromatic heterocycles. The number of ether oxygens (including phenoxy) is 1. The highest BCUT2D eigenvalue weighted by molar-refractivity contribution is 9.10. The molecule has 1 aromatic carbocycles. The van der Waals surface area contributed by atoms with Crippen molar-refractivity contribution in [2.45, 2.75) is 11.8 Å². The molecule has 1 heterocycles. The number of nitrogens with zero attached hydrogens (tertiary/aromatic N) is 1. The van der Waals surface area contributed by atoms with E-state index in [0.29, 0.717) is 16.8 Å². The largest absolute Gasteiger partial charge is 0.492 e. The van der Waals surface area contributed by atoms with Gasteiger partial charge in [-0.3, -0.25) is 4.72 Å². The minimum atomic E-state index is -3.79. The van der Waals surface area contributed by atoms with E-state index >= 15 is 0 Å². The molecule has 2 rings (SSSR count). The lowest BCUT2D eigenvalue weighted by Gasteiger charge is -2.12. The summed E-state index contributed by atoms with van der Waals surface area (Å²) >= 11 is 6.54. The standard InChI is InChI=1S/C13H12Br2N2O3S/c1-2-20-11-4-3-9(14)7-12(11)21(18,19)17-13-8-10(15)5-6-16-13/h3-8H,2H2,1H3,(H,16,17). The predicted octanol–water partition coefficient (Wildman–Crippen LogP) is 3.81. The number of nitrogens with one attached hydrogen (secondary N) is 1. The van der Waals surface area contributed by atoms with E-state index in [2.05, 4.69) is 41.6 Å². The second-order valence-corrected chi connectivity index (χ2v) is 7.47. The van der Waals surface area contributed by atoms with E-state index < -0.39 is 10.0 Å². The molecule has 8 heteroatoms. The Hall–Kier alpha value is -1.12. The van der Waals surface area contributed by atoms with E-state index in [1.807, 2.05) is 0 Å². The summed E-state index contributed by atoms with van der Waals surface area (Å²) in [5.41, 5.74) is 0. The number of anilines is 1. The molecule has 21 heavy (non-hydrogen) atoms. The molecule has 5 nitrogen and oxygen atoms in total. The number of hydrogen-bond acceptors (Lipinski definition) is 4. The van der Waals surface area contributed by atoms with Crippen molar-refractivity contribution < 1.29 is 13.2 Å². The lowest BCUT2D eigenvalue weighted by Crippen LogP contribution is -2.15. The molecule has 112 valence electrons. The van der Waals surface area contributed by atoms with Crippen molar-refractivity contribution in [1.29, 1.82) is 0 Å². The zero-order valence-electron chi connectivity index (χ0n) is 11.0. The SMILES string of the molecule is CCOc1ccc(Br)cc1S(=O)(=O)Nc1cc(Br)ccn1. The van der Waals surface area contributed by atoms with E-state index in [-0.39, 0.29) is 10.7 Å². The molecular weight excluding hydrogens is 424 g/mol. The van der Waals surface area contributed by atoms with Crippen LogP contribution < -0.4 is 9.46 Å². The monoisotopic (exact) mass is 434 g/mol. The molecule has 1 N–H and O–H groups in total. The quantitative estimate of drug-likeness (QED) is 0.775. The van der Waals surface area contributed by atoms with Gasteiger partial charge in [-0.1, -0.05) is 31.9 Å². The maximum absolute atomic E-state index is 12.5. The van der Waals surface area contributed by atoms with Crippen molar-refractivity contribution in [1.82, 2.24) is 4.98 Å². The molecule has 0 bridgehead atoms. The number of hydrogen-bond donors (Lipinski definition) is 1. The van der Waals surface area contributed by atoms with E-state index in [4.69, 9.17) is 4.74 Å². The Morgan fingerprint density at radius 2 is 1.90 bits per heavy atom. The van der Waals surface area contributed by atoms with Crippen LogP contribution in [0.3, 0.4) is 0 Å². The first kappa shape index (κ1) is 16.3. The Labute approximate surface area is 140 Å². The Bertz CT molecular complexity index is 751. The van der Waals surface area contributed by atoms with Crippen LogP contribution in [0.15, 0.2) is 50.4 Å². The number of aromatic nitrogens is 1. The van der Waals surface area contributed by atoms with Crippen LogP contribution in [0.25, 0.3) is 0 Å². The van der Waals surface area contributed by atoms with Crippen molar-refractivity contribution in [3.05, 3.63) is 45.5 Å². The summed E-state index contributed by atoms with van der Waals surface area (Å²) in [6, 6.07) is 8.11. The van der Waals surface area contributed by atoms with Gasteiger partial charge < -0.3 is 4.74 Å². The molecule has 0 saturated heterocycles. The van der Waals surface area contributed by atoms with Gasteiger partial charge in [-0.05, 0) is 37.3 Å². The summed E-state index contributed by atoms with van der Waals surface area (Å²) in [6.07, 6.45) is 1.51. The van der Waals surface area contributed by atoms with Crippen molar-refractivity contribution in [2.24, 2.45) is 0 Å². The summed E-state index contributed by atoms with van der Waals surface area (Å²) < 4.78 is 34.2. The first-order valence-electron chi connectivity index (χ1n) is 5.99. The van der Waals surface area contributed by atoms with Gasteiger partial charge >= 0.3 is 0 Å². The average molecular weight is 436 g/mol. The molecule has 0 fully saturated rings. The van der Waals surface area contributed by atoms with E-state index in [1.54, 1.807) is 31.2 Å². The molecule has 0 aliphatic heterocycles. The maximum Gasteiger partial charge on any atom is 0.266 e. The predicted molar refractivity (Wildman–Crippen MR) is 88.1 cm³/mol. The molecule has 0 aliphatic rings. The minimum absolute atomic E-state index is 0.0560. The molecule has 0 saturated carbocycles. The number of halogens is 2. The fourth-order valence-electron chi connectivity index (χ4n) is 1.62. The maximum atomic E-state index is 12.5. The summed E-state index contributed by atoms with van der Waals surface area (Å²) in [4.78, 5) is 4.03. The van der Waals surface area contributed by atoms with Gasteiger partial charge in [0.25, 0.3) is 10.0 Å². The van der Waals surface area contributed by atoms with Gasteiger partial charge in [0.05, 0.1) is 6.61 Å². The summed E-state index contributed by atoms with van der Waals surface area (Å²) in [7, 11) is -3.79. The van der Waals surface area contributed by atoms with Crippen molar-refractivity contribution in [2.75, 3.05) is 11.3 Å². The van der Waals surface area contributed by atoms with Crippen molar-refractivity contribution in [3.8, 4) is 5.75 Å². The molecule has 0 radical (unpaired) electrons. The molecule has 2 aromatic rings. The van der Waals surface area contributed by atoms with Gasteiger partial charge in [-0.15, -0.1) is 0 Å². The van der Waals surface area contributed by atoms with Crippen LogP contribution in [0.4, 0.5) is 5.82 Å². The average Bonchev–Trinajstić information content (AvgIpc) is 2.40. The topological polar surface area (TPSA) is 68.3 Å². The first-order valence-corrected chi connectivity index (χ1v) is 9.06. The molecule has 0 unspecified atom stereocenters. The van der Waals surface area contributed by atoms with Crippen LogP contribution in [0.5, 0.6) is 5.75 Å². The van der Waals surface area contributed by atoms with Gasteiger partial charge in [0.15, 0.2) is 0 Å². The normalized spacial score (nSPS) is 11.2.